The molecule has 146 valence electrons. The zero-order chi connectivity index (χ0) is 21.5. The average Bonchev–Trinajstić information content (AvgIpc) is 2.75. The second-order valence-corrected chi connectivity index (χ2v) is 6.67. The summed E-state index contributed by atoms with van der Waals surface area (Å²) in [4.78, 5) is 12.3. The molecule has 1 atom stereocenters. The van der Waals surface area contributed by atoms with Gasteiger partial charge in [-0.3, -0.25) is 4.79 Å². The number of nitrogens with zero attached hydrogens (tertiary/aromatic N) is 3. The van der Waals surface area contributed by atoms with Crippen LogP contribution in [0.5, 0.6) is 0 Å². The number of carbonyl (C=O) groups is 1. The fraction of sp³-hybridized carbons (Fsp3) is 0.130. The van der Waals surface area contributed by atoms with Crippen molar-refractivity contribution < 1.29 is 9.18 Å². The molecule has 1 aliphatic carbocycles. The van der Waals surface area contributed by atoms with Crippen molar-refractivity contribution >= 4 is 17.2 Å². The predicted molar refractivity (Wildman–Crippen MR) is 109 cm³/mol. The molecule has 0 aliphatic heterocycles. The first-order chi connectivity index (χ1) is 14.5. The number of hydrogen-bond donors (Lipinski definition) is 2. The van der Waals surface area contributed by atoms with Crippen LogP contribution in [0.2, 0.25) is 0 Å². The average molecular weight is 397 g/mol. The van der Waals surface area contributed by atoms with E-state index in [1.165, 1.54) is 18.2 Å². The third kappa shape index (κ3) is 4.70. The summed E-state index contributed by atoms with van der Waals surface area (Å²) < 4.78 is 13.2. The number of nitriles is 3. The molecular formula is C23H16FN5O. The summed E-state index contributed by atoms with van der Waals surface area (Å²) in [5, 5.41) is 33.3. The molecule has 0 spiro atoms. The minimum Gasteiger partial charge on any atom is -0.357 e. The standard InChI is InChI=1S/C23H16FN5O/c24-18-7-5-15(6-8-18)16-9-19(11-20(30)10-16)28-21-3-1-2-4-22(21)29-23(14-27)17(12-25)13-26/h1-8,11,16,28-29H,9-10H2. The van der Waals surface area contributed by atoms with Gasteiger partial charge in [-0.05, 0) is 42.2 Å². The number of para-hydroxylation sites is 2. The number of benzene rings is 2. The van der Waals surface area contributed by atoms with Crippen LogP contribution < -0.4 is 10.6 Å². The Morgan fingerprint density at radius 1 is 0.933 bits per heavy atom. The molecule has 1 unspecified atom stereocenters. The Morgan fingerprint density at radius 3 is 2.23 bits per heavy atom. The van der Waals surface area contributed by atoms with Crippen LogP contribution in [0.4, 0.5) is 15.8 Å². The van der Waals surface area contributed by atoms with Crippen LogP contribution in [0.3, 0.4) is 0 Å². The Hall–Kier alpha value is -4.41. The lowest BCUT2D eigenvalue weighted by atomic mass is 9.85. The molecule has 1 aliphatic rings. The number of halogens is 1. The van der Waals surface area contributed by atoms with E-state index < -0.39 is 0 Å². The van der Waals surface area contributed by atoms with E-state index >= 15 is 0 Å². The summed E-state index contributed by atoms with van der Waals surface area (Å²) in [6, 6.07) is 18.3. The largest absolute Gasteiger partial charge is 0.357 e. The molecule has 0 aromatic heterocycles. The molecule has 0 saturated heterocycles. The van der Waals surface area contributed by atoms with Gasteiger partial charge >= 0.3 is 0 Å². The first-order valence-electron chi connectivity index (χ1n) is 9.10. The first kappa shape index (κ1) is 20.3. The lowest BCUT2D eigenvalue weighted by Gasteiger charge is -2.24. The molecule has 2 N–H and O–H groups in total. The number of carbonyl (C=O) groups excluding carboxylic acids is 1. The van der Waals surface area contributed by atoms with E-state index in [-0.39, 0.29) is 28.8 Å². The highest BCUT2D eigenvalue weighted by atomic mass is 19.1. The maximum absolute atomic E-state index is 13.2. The van der Waals surface area contributed by atoms with Gasteiger partial charge in [-0.25, -0.2) is 4.39 Å². The molecule has 0 radical (unpaired) electrons. The van der Waals surface area contributed by atoms with E-state index in [9.17, 15) is 14.4 Å². The van der Waals surface area contributed by atoms with E-state index in [0.29, 0.717) is 29.9 Å². The van der Waals surface area contributed by atoms with Gasteiger partial charge in [0.15, 0.2) is 11.4 Å². The van der Waals surface area contributed by atoms with Crippen molar-refractivity contribution in [3.63, 3.8) is 0 Å². The molecule has 0 bridgehead atoms. The van der Waals surface area contributed by atoms with E-state index in [2.05, 4.69) is 10.6 Å². The van der Waals surface area contributed by atoms with Gasteiger partial charge < -0.3 is 10.6 Å². The second kappa shape index (κ2) is 9.19. The molecule has 3 rings (SSSR count). The summed E-state index contributed by atoms with van der Waals surface area (Å²) in [6.45, 7) is 0. The van der Waals surface area contributed by atoms with E-state index in [4.69, 9.17) is 10.5 Å². The Balaban J connectivity index is 1.85. The highest BCUT2D eigenvalue weighted by molar-refractivity contribution is 5.93. The van der Waals surface area contributed by atoms with Crippen molar-refractivity contribution in [2.45, 2.75) is 18.8 Å². The third-order valence-corrected chi connectivity index (χ3v) is 4.66. The van der Waals surface area contributed by atoms with Crippen molar-refractivity contribution in [1.82, 2.24) is 0 Å². The van der Waals surface area contributed by atoms with Crippen LogP contribution in [0, 0.1) is 39.8 Å². The maximum atomic E-state index is 13.2. The number of nitrogens with one attached hydrogen (secondary N) is 2. The highest BCUT2D eigenvalue weighted by Crippen LogP contribution is 2.33. The normalized spacial score (nSPS) is 15.1. The summed E-state index contributed by atoms with van der Waals surface area (Å²) >= 11 is 0. The van der Waals surface area contributed by atoms with Crippen LogP contribution in [-0.4, -0.2) is 5.78 Å². The van der Waals surface area contributed by atoms with Gasteiger partial charge in [0, 0.05) is 18.2 Å². The monoisotopic (exact) mass is 397 g/mol. The van der Waals surface area contributed by atoms with Crippen molar-refractivity contribution in [2.75, 3.05) is 10.6 Å². The fourth-order valence-electron chi connectivity index (χ4n) is 3.24. The highest BCUT2D eigenvalue weighted by Gasteiger charge is 2.23. The summed E-state index contributed by atoms with van der Waals surface area (Å²) in [6.07, 6.45) is 2.42. The lowest BCUT2D eigenvalue weighted by molar-refractivity contribution is -0.115. The van der Waals surface area contributed by atoms with Crippen molar-refractivity contribution in [1.29, 1.82) is 15.8 Å². The summed E-state index contributed by atoms with van der Waals surface area (Å²) in [5.41, 5.74) is 2.14. The van der Waals surface area contributed by atoms with Crippen LogP contribution in [0.25, 0.3) is 0 Å². The first-order valence-corrected chi connectivity index (χ1v) is 9.10. The number of hydrogen-bond acceptors (Lipinski definition) is 6. The molecule has 30 heavy (non-hydrogen) atoms. The number of ketones is 1. The van der Waals surface area contributed by atoms with Gasteiger partial charge in [-0.15, -0.1) is 0 Å². The molecule has 0 saturated carbocycles. The quantitative estimate of drug-likeness (QED) is 0.718. The molecule has 2 aromatic rings. The number of anilines is 2. The van der Waals surface area contributed by atoms with Crippen LogP contribution in [0.15, 0.2) is 71.6 Å². The molecule has 0 fully saturated rings. The van der Waals surface area contributed by atoms with Gasteiger partial charge in [-0.2, -0.15) is 15.8 Å². The Kier molecular flexibility index (Phi) is 6.23. The predicted octanol–water partition coefficient (Wildman–Crippen LogP) is 4.50. The smallest absolute Gasteiger partial charge is 0.163 e. The molecule has 0 heterocycles. The minimum absolute atomic E-state index is 0.0441. The van der Waals surface area contributed by atoms with E-state index in [1.807, 2.05) is 6.07 Å². The maximum Gasteiger partial charge on any atom is 0.163 e. The van der Waals surface area contributed by atoms with Gasteiger partial charge in [0.2, 0.25) is 0 Å². The second-order valence-electron chi connectivity index (χ2n) is 6.67. The third-order valence-electron chi connectivity index (χ3n) is 4.66. The van der Waals surface area contributed by atoms with Gasteiger partial charge in [0.25, 0.3) is 0 Å². The van der Waals surface area contributed by atoms with Crippen LogP contribution in [0.1, 0.15) is 24.3 Å². The van der Waals surface area contributed by atoms with E-state index in [0.717, 1.165) is 5.56 Å². The zero-order valence-corrected chi connectivity index (χ0v) is 15.8. The Bertz CT molecular complexity index is 1140. The summed E-state index contributed by atoms with van der Waals surface area (Å²) in [5.74, 6) is -0.452. The SMILES string of the molecule is N#CC(C#N)=C(C#N)Nc1ccccc1NC1=CC(=O)CC(c2ccc(F)cc2)C1. The number of rotatable bonds is 5. The van der Waals surface area contributed by atoms with Crippen LogP contribution >= 0.6 is 0 Å². The fourth-order valence-corrected chi connectivity index (χ4v) is 3.24. The van der Waals surface area contributed by atoms with Gasteiger partial charge in [0.05, 0.1) is 11.4 Å². The lowest BCUT2D eigenvalue weighted by Crippen LogP contribution is -2.17. The Labute approximate surface area is 173 Å². The molecule has 0 amide bonds. The summed E-state index contributed by atoms with van der Waals surface area (Å²) in [7, 11) is 0. The van der Waals surface area contributed by atoms with E-state index in [1.54, 1.807) is 48.5 Å². The van der Waals surface area contributed by atoms with Gasteiger partial charge in [-0.1, -0.05) is 24.3 Å². The molecule has 6 nitrogen and oxygen atoms in total. The zero-order valence-electron chi connectivity index (χ0n) is 15.8. The van der Waals surface area contributed by atoms with Crippen molar-refractivity contribution in [3.05, 3.63) is 83.0 Å². The van der Waals surface area contributed by atoms with Gasteiger partial charge in [0.1, 0.15) is 29.7 Å². The minimum atomic E-state index is -0.328. The van der Waals surface area contributed by atoms with Crippen molar-refractivity contribution in [2.24, 2.45) is 0 Å². The topological polar surface area (TPSA) is 112 Å². The van der Waals surface area contributed by atoms with Crippen LogP contribution in [-0.2, 0) is 4.79 Å². The molecule has 7 heteroatoms. The molecule has 2 aromatic carbocycles. The Morgan fingerprint density at radius 2 is 1.60 bits per heavy atom. The van der Waals surface area contributed by atoms with Crippen molar-refractivity contribution in [3.8, 4) is 18.2 Å². The number of allylic oxidation sites excluding steroid dienone is 4. The molecular weight excluding hydrogens is 381 g/mol.